The normalized spacial score (nSPS) is 11.5. The van der Waals surface area contributed by atoms with Crippen LogP contribution in [0.15, 0.2) is 66.0 Å². The molecule has 6 heteroatoms. The summed E-state index contributed by atoms with van der Waals surface area (Å²) in [5.41, 5.74) is 2.29. The molecule has 27 heavy (non-hydrogen) atoms. The molecule has 0 bridgehead atoms. The maximum atomic E-state index is 13.0. The van der Waals surface area contributed by atoms with E-state index in [1.54, 1.807) is 55.6 Å². The third-order valence-electron chi connectivity index (χ3n) is 4.02. The molecule has 0 aliphatic heterocycles. The Balaban J connectivity index is 1.83. The Morgan fingerprint density at radius 2 is 1.70 bits per heavy atom. The van der Waals surface area contributed by atoms with Gasteiger partial charge in [-0.3, -0.25) is 9.59 Å². The first kappa shape index (κ1) is 18.7. The number of ketones is 1. The van der Waals surface area contributed by atoms with Crippen LogP contribution >= 0.6 is 11.3 Å². The van der Waals surface area contributed by atoms with Gasteiger partial charge in [0.05, 0.1) is 12.0 Å². The third-order valence-corrected chi connectivity index (χ3v) is 4.89. The molecule has 2 aromatic carbocycles. The Labute approximate surface area is 162 Å². The van der Waals surface area contributed by atoms with E-state index in [2.05, 4.69) is 10.6 Å². The highest BCUT2D eigenvalue weighted by Gasteiger charge is 2.23. The number of carbonyl (C=O) groups is 2. The Hall–Kier alpha value is -3.12. The van der Waals surface area contributed by atoms with Crippen LogP contribution in [0.25, 0.3) is 0 Å². The van der Waals surface area contributed by atoms with Crippen molar-refractivity contribution in [2.24, 2.45) is 0 Å². The first-order valence-electron chi connectivity index (χ1n) is 8.42. The lowest BCUT2D eigenvalue weighted by Crippen LogP contribution is -2.46. The summed E-state index contributed by atoms with van der Waals surface area (Å²) >= 11 is 1.33. The zero-order valence-corrected chi connectivity index (χ0v) is 15.9. The maximum Gasteiger partial charge on any atom is 0.263 e. The fourth-order valence-electron chi connectivity index (χ4n) is 2.52. The monoisotopic (exact) mass is 380 g/mol. The van der Waals surface area contributed by atoms with Gasteiger partial charge in [-0.05, 0) is 42.6 Å². The molecular weight excluding hydrogens is 360 g/mol. The minimum Gasteiger partial charge on any atom is -0.497 e. The van der Waals surface area contributed by atoms with Gasteiger partial charge in [-0.1, -0.05) is 35.9 Å². The van der Waals surface area contributed by atoms with Gasteiger partial charge in [-0.25, -0.2) is 0 Å². The lowest BCUT2D eigenvalue weighted by atomic mass is 10.1. The van der Waals surface area contributed by atoms with E-state index in [0.29, 0.717) is 21.9 Å². The first-order valence-corrected chi connectivity index (χ1v) is 9.30. The van der Waals surface area contributed by atoms with Crippen molar-refractivity contribution in [3.8, 4) is 5.75 Å². The summed E-state index contributed by atoms with van der Waals surface area (Å²) in [6.45, 7) is 1.96. The highest BCUT2D eigenvalue weighted by molar-refractivity contribution is 7.12. The average molecular weight is 380 g/mol. The van der Waals surface area contributed by atoms with Crippen LogP contribution in [-0.2, 0) is 0 Å². The quantitative estimate of drug-likeness (QED) is 0.478. The number of hydrogen-bond donors (Lipinski definition) is 2. The lowest BCUT2D eigenvalue weighted by Gasteiger charge is -2.20. The third kappa shape index (κ3) is 4.74. The largest absolute Gasteiger partial charge is 0.497 e. The van der Waals surface area contributed by atoms with Crippen LogP contribution in [0.3, 0.4) is 0 Å². The van der Waals surface area contributed by atoms with Crippen LogP contribution in [0.4, 0.5) is 5.69 Å². The van der Waals surface area contributed by atoms with E-state index in [-0.39, 0.29) is 11.7 Å². The zero-order chi connectivity index (χ0) is 19.2. The standard InChI is InChI=1S/C21H20N2O3S/c1-14-5-7-15(8-6-14)19(24)20(23-21(25)18-4-3-13-27-18)22-16-9-11-17(26-2)12-10-16/h3-13,20,22H,1-2H3,(H,23,25)/t20-/m1/s1. The van der Waals surface area contributed by atoms with Gasteiger partial charge >= 0.3 is 0 Å². The molecule has 2 N–H and O–H groups in total. The van der Waals surface area contributed by atoms with E-state index >= 15 is 0 Å². The molecule has 1 amide bonds. The van der Waals surface area contributed by atoms with Gasteiger partial charge in [-0.2, -0.15) is 0 Å². The van der Waals surface area contributed by atoms with E-state index in [4.69, 9.17) is 4.74 Å². The van der Waals surface area contributed by atoms with Gasteiger partial charge in [0.2, 0.25) is 5.78 Å². The molecule has 3 aromatic rings. The number of amides is 1. The second kappa shape index (κ2) is 8.51. The van der Waals surface area contributed by atoms with E-state index in [9.17, 15) is 9.59 Å². The molecule has 138 valence electrons. The minimum absolute atomic E-state index is 0.212. The fraction of sp³-hybridized carbons (Fsp3) is 0.143. The van der Waals surface area contributed by atoms with Crippen LogP contribution in [0.2, 0.25) is 0 Å². The smallest absolute Gasteiger partial charge is 0.263 e. The van der Waals surface area contributed by atoms with Gasteiger partial charge in [0.15, 0.2) is 6.17 Å². The van der Waals surface area contributed by atoms with Crippen LogP contribution in [0.1, 0.15) is 25.6 Å². The topological polar surface area (TPSA) is 67.4 Å². The van der Waals surface area contributed by atoms with E-state index in [1.165, 1.54) is 11.3 Å². The predicted molar refractivity (Wildman–Crippen MR) is 108 cm³/mol. The van der Waals surface area contributed by atoms with Gasteiger partial charge in [-0.15, -0.1) is 11.3 Å². The fourth-order valence-corrected chi connectivity index (χ4v) is 3.14. The number of benzene rings is 2. The molecule has 0 spiro atoms. The van der Waals surface area contributed by atoms with E-state index in [1.807, 2.05) is 24.4 Å². The van der Waals surface area contributed by atoms with Crippen molar-refractivity contribution < 1.29 is 14.3 Å². The molecule has 1 heterocycles. The molecule has 0 radical (unpaired) electrons. The minimum atomic E-state index is -0.893. The summed E-state index contributed by atoms with van der Waals surface area (Å²) in [6.07, 6.45) is -0.893. The highest BCUT2D eigenvalue weighted by atomic mass is 32.1. The second-order valence-electron chi connectivity index (χ2n) is 5.99. The summed E-state index contributed by atoms with van der Waals surface area (Å²) in [5, 5.41) is 7.71. The van der Waals surface area contributed by atoms with Crippen molar-refractivity contribution in [2.75, 3.05) is 12.4 Å². The average Bonchev–Trinajstić information content (AvgIpc) is 3.23. The summed E-state index contributed by atoms with van der Waals surface area (Å²) in [7, 11) is 1.59. The molecule has 0 saturated heterocycles. The number of aryl methyl sites for hydroxylation is 1. The Bertz CT molecular complexity index is 904. The Kier molecular flexibility index (Phi) is 5.88. The van der Waals surface area contributed by atoms with Gasteiger partial charge < -0.3 is 15.4 Å². The highest BCUT2D eigenvalue weighted by Crippen LogP contribution is 2.17. The van der Waals surface area contributed by atoms with E-state index in [0.717, 1.165) is 5.56 Å². The van der Waals surface area contributed by atoms with Crippen LogP contribution in [0, 0.1) is 6.92 Å². The molecule has 0 aliphatic rings. The van der Waals surface area contributed by atoms with Crippen LogP contribution in [-0.4, -0.2) is 25.0 Å². The molecule has 5 nitrogen and oxygen atoms in total. The molecule has 1 aromatic heterocycles. The lowest BCUT2D eigenvalue weighted by molar-refractivity contribution is 0.0872. The maximum absolute atomic E-state index is 13.0. The molecule has 0 saturated carbocycles. The van der Waals surface area contributed by atoms with E-state index < -0.39 is 6.17 Å². The number of methoxy groups -OCH3 is 1. The number of nitrogens with one attached hydrogen (secondary N) is 2. The molecule has 0 fully saturated rings. The first-order chi connectivity index (χ1) is 13.1. The Morgan fingerprint density at radius 3 is 2.30 bits per heavy atom. The van der Waals surface area contributed by atoms with Crippen LogP contribution < -0.4 is 15.4 Å². The molecule has 3 rings (SSSR count). The van der Waals surface area contributed by atoms with Crippen molar-refractivity contribution in [3.63, 3.8) is 0 Å². The molecule has 1 atom stereocenters. The summed E-state index contributed by atoms with van der Waals surface area (Å²) in [5.74, 6) is 0.205. The van der Waals surface area contributed by atoms with Crippen molar-refractivity contribution in [3.05, 3.63) is 82.0 Å². The van der Waals surface area contributed by atoms with Crippen molar-refractivity contribution >= 4 is 28.7 Å². The number of rotatable bonds is 7. The number of hydrogen-bond acceptors (Lipinski definition) is 5. The number of thiophene rings is 1. The zero-order valence-electron chi connectivity index (χ0n) is 15.1. The number of carbonyl (C=O) groups excluding carboxylic acids is 2. The molecule has 0 aliphatic carbocycles. The molecule has 0 unspecified atom stereocenters. The number of ether oxygens (including phenoxy) is 1. The van der Waals surface area contributed by atoms with Crippen molar-refractivity contribution in [2.45, 2.75) is 13.1 Å². The predicted octanol–water partition coefficient (Wildman–Crippen LogP) is 4.12. The molecular formula is C21H20N2O3S. The van der Waals surface area contributed by atoms with Crippen molar-refractivity contribution in [1.82, 2.24) is 5.32 Å². The van der Waals surface area contributed by atoms with Gasteiger partial charge in [0.25, 0.3) is 5.91 Å². The summed E-state index contributed by atoms with van der Waals surface area (Å²) in [6, 6.07) is 18.0. The SMILES string of the molecule is COc1ccc(N[C@H](NC(=O)c2cccs2)C(=O)c2ccc(C)cc2)cc1. The van der Waals surface area contributed by atoms with Crippen molar-refractivity contribution in [1.29, 1.82) is 0 Å². The summed E-state index contributed by atoms with van der Waals surface area (Å²) in [4.78, 5) is 26.0. The number of Topliss-reactive ketones (excluding diaryl/α,β-unsaturated/α-hetero) is 1. The number of anilines is 1. The Morgan fingerprint density at radius 1 is 1.00 bits per heavy atom. The summed E-state index contributed by atoms with van der Waals surface area (Å²) < 4.78 is 5.15. The second-order valence-corrected chi connectivity index (χ2v) is 6.93. The van der Waals surface area contributed by atoms with Gasteiger partial charge in [0, 0.05) is 11.3 Å². The van der Waals surface area contributed by atoms with Crippen LogP contribution in [0.5, 0.6) is 5.75 Å². The van der Waals surface area contributed by atoms with Gasteiger partial charge in [0.1, 0.15) is 5.75 Å².